The number of carboxylic acids is 1. The summed E-state index contributed by atoms with van der Waals surface area (Å²) >= 11 is 0. The summed E-state index contributed by atoms with van der Waals surface area (Å²) in [7, 11) is 0. The van der Waals surface area contributed by atoms with E-state index in [1.807, 2.05) is 54.6 Å². The second-order valence-corrected chi connectivity index (χ2v) is 6.50. The molecule has 0 aliphatic heterocycles. The van der Waals surface area contributed by atoms with Gasteiger partial charge in [-0.3, -0.25) is 0 Å². The molecular weight excluding hydrogens is 336 g/mol. The van der Waals surface area contributed by atoms with Crippen LogP contribution in [0.2, 0.25) is 0 Å². The highest BCUT2D eigenvalue weighted by Crippen LogP contribution is 2.28. The van der Waals surface area contributed by atoms with Gasteiger partial charge in [-0.15, -0.1) is 0 Å². The molecule has 132 valence electrons. The lowest BCUT2D eigenvalue weighted by Gasteiger charge is -2.01. The molecule has 0 unspecified atom stereocenters. The van der Waals surface area contributed by atoms with Crippen LogP contribution in [-0.4, -0.2) is 11.1 Å². The van der Waals surface area contributed by atoms with Gasteiger partial charge in [0.1, 0.15) is 11.3 Å². The van der Waals surface area contributed by atoms with E-state index in [2.05, 4.69) is 19.1 Å². The van der Waals surface area contributed by atoms with Crippen LogP contribution in [-0.2, 0) is 0 Å². The van der Waals surface area contributed by atoms with Crippen molar-refractivity contribution in [2.24, 2.45) is 0 Å². The summed E-state index contributed by atoms with van der Waals surface area (Å²) in [5.41, 5.74) is 5.06. The van der Waals surface area contributed by atoms with Crippen molar-refractivity contribution in [2.75, 3.05) is 0 Å². The van der Waals surface area contributed by atoms with Gasteiger partial charge in [-0.2, -0.15) is 0 Å². The average Bonchev–Trinajstić information content (AvgIpc) is 3.10. The van der Waals surface area contributed by atoms with E-state index in [-0.39, 0.29) is 0 Å². The molecule has 0 saturated carbocycles. The monoisotopic (exact) mass is 354 g/mol. The van der Waals surface area contributed by atoms with Crippen LogP contribution in [0.15, 0.2) is 77.2 Å². The van der Waals surface area contributed by atoms with Crippen LogP contribution >= 0.6 is 0 Å². The molecule has 3 aromatic carbocycles. The second-order valence-electron chi connectivity index (χ2n) is 6.50. The normalized spacial score (nSPS) is 11.3. The number of carboxylic acid groups (broad SMARTS) is 1. The number of carbonyl (C=O) groups is 1. The molecule has 0 amide bonds. The average molecular weight is 354 g/mol. The minimum absolute atomic E-state index is 0.294. The van der Waals surface area contributed by atoms with Crippen LogP contribution in [0, 0.1) is 6.92 Å². The molecule has 0 spiro atoms. The van der Waals surface area contributed by atoms with Crippen molar-refractivity contribution in [1.82, 2.24) is 0 Å². The van der Waals surface area contributed by atoms with Crippen LogP contribution in [0.25, 0.3) is 34.4 Å². The van der Waals surface area contributed by atoms with Gasteiger partial charge in [0.15, 0.2) is 0 Å². The quantitative estimate of drug-likeness (QED) is 0.439. The summed E-state index contributed by atoms with van der Waals surface area (Å²) in [6.45, 7) is 2.07. The summed E-state index contributed by atoms with van der Waals surface area (Å²) in [6, 6.07) is 23.2. The van der Waals surface area contributed by atoms with Gasteiger partial charge < -0.3 is 9.52 Å². The Balaban J connectivity index is 1.59. The van der Waals surface area contributed by atoms with Crippen molar-refractivity contribution in [1.29, 1.82) is 0 Å². The van der Waals surface area contributed by atoms with E-state index in [0.29, 0.717) is 11.1 Å². The first-order chi connectivity index (χ1) is 13.1. The molecule has 0 fully saturated rings. The third kappa shape index (κ3) is 3.53. The van der Waals surface area contributed by atoms with E-state index < -0.39 is 5.97 Å². The third-order valence-electron chi connectivity index (χ3n) is 4.51. The Kier molecular flexibility index (Phi) is 4.35. The van der Waals surface area contributed by atoms with E-state index in [1.165, 1.54) is 5.56 Å². The summed E-state index contributed by atoms with van der Waals surface area (Å²) in [5, 5.41) is 10.4. The van der Waals surface area contributed by atoms with Crippen molar-refractivity contribution in [3.63, 3.8) is 0 Å². The predicted molar refractivity (Wildman–Crippen MR) is 109 cm³/mol. The zero-order valence-corrected chi connectivity index (χ0v) is 14.8. The molecule has 1 heterocycles. The Bertz CT molecular complexity index is 1150. The Hall–Kier alpha value is -3.59. The van der Waals surface area contributed by atoms with Gasteiger partial charge >= 0.3 is 5.97 Å². The van der Waals surface area contributed by atoms with Gasteiger partial charge in [0.25, 0.3) is 0 Å². The van der Waals surface area contributed by atoms with E-state index in [9.17, 15) is 9.90 Å². The van der Waals surface area contributed by atoms with Crippen molar-refractivity contribution in [3.05, 3.63) is 95.1 Å². The summed E-state index contributed by atoms with van der Waals surface area (Å²) < 4.78 is 5.94. The lowest BCUT2D eigenvalue weighted by molar-refractivity contribution is 0.0696. The summed E-state index contributed by atoms with van der Waals surface area (Å²) in [6.07, 6.45) is 3.73. The van der Waals surface area contributed by atoms with Crippen LogP contribution in [0.3, 0.4) is 0 Å². The molecule has 3 heteroatoms. The molecule has 3 nitrogen and oxygen atoms in total. The van der Waals surface area contributed by atoms with Crippen molar-refractivity contribution in [3.8, 4) is 11.3 Å². The van der Waals surface area contributed by atoms with Gasteiger partial charge in [0, 0.05) is 10.9 Å². The molecule has 0 aliphatic rings. The van der Waals surface area contributed by atoms with Gasteiger partial charge in [-0.25, -0.2) is 4.79 Å². The first kappa shape index (κ1) is 16.9. The summed E-state index contributed by atoms with van der Waals surface area (Å²) in [4.78, 5) is 11.3. The number of hydrogen-bond donors (Lipinski definition) is 1. The Morgan fingerprint density at radius 2 is 1.70 bits per heavy atom. The molecule has 0 radical (unpaired) electrons. The number of benzene rings is 3. The highest BCUT2D eigenvalue weighted by Gasteiger charge is 2.07. The fourth-order valence-corrected chi connectivity index (χ4v) is 3.09. The first-order valence-electron chi connectivity index (χ1n) is 8.71. The maximum atomic E-state index is 11.3. The van der Waals surface area contributed by atoms with Gasteiger partial charge in [0.2, 0.25) is 0 Å². The van der Waals surface area contributed by atoms with Crippen LogP contribution < -0.4 is 0 Å². The van der Waals surface area contributed by atoms with E-state index in [0.717, 1.165) is 27.9 Å². The van der Waals surface area contributed by atoms with Gasteiger partial charge in [0.05, 0.1) is 5.56 Å². The summed E-state index contributed by atoms with van der Waals surface area (Å²) in [5.74, 6) is -0.0897. The van der Waals surface area contributed by atoms with E-state index in [4.69, 9.17) is 4.42 Å². The lowest BCUT2D eigenvalue weighted by Crippen LogP contribution is -1.98. The first-order valence-corrected chi connectivity index (χ1v) is 8.71. The number of aryl methyl sites for hydroxylation is 1. The predicted octanol–water partition coefficient (Wildman–Crippen LogP) is 6.28. The van der Waals surface area contributed by atoms with Crippen molar-refractivity contribution < 1.29 is 14.3 Å². The fourth-order valence-electron chi connectivity index (χ4n) is 3.09. The fraction of sp³-hybridized carbons (Fsp3) is 0.0417. The zero-order chi connectivity index (χ0) is 18.8. The molecule has 1 aromatic heterocycles. The van der Waals surface area contributed by atoms with Crippen molar-refractivity contribution in [2.45, 2.75) is 6.92 Å². The SMILES string of the molecule is Cc1ccc2oc(-c3ccc(/C=C/c4ccccc4C(=O)O)cc3)cc2c1. The minimum Gasteiger partial charge on any atom is -0.478 e. The molecular formula is C24H18O3. The standard InChI is InChI=1S/C24H18O3/c1-16-6-13-22-20(14-16)15-23(27-22)19-11-8-17(9-12-19)7-10-18-4-2-3-5-21(18)24(25)26/h2-15H,1H3,(H,25,26)/b10-7+. The largest absolute Gasteiger partial charge is 0.478 e. The molecule has 0 atom stereocenters. The molecule has 0 bridgehead atoms. The number of rotatable bonds is 4. The van der Waals surface area contributed by atoms with Crippen LogP contribution in [0.4, 0.5) is 0 Å². The topological polar surface area (TPSA) is 50.4 Å². The van der Waals surface area contributed by atoms with Crippen LogP contribution in [0.5, 0.6) is 0 Å². The van der Waals surface area contributed by atoms with E-state index in [1.54, 1.807) is 18.2 Å². The smallest absolute Gasteiger partial charge is 0.336 e. The highest BCUT2D eigenvalue weighted by atomic mass is 16.4. The minimum atomic E-state index is -0.925. The van der Waals surface area contributed by atoms with Crippen LogP contribution in [0.1, 0.15) is 27.0 Å². The molecule has 27 heavy (non-hydrogen) atoms. The van der Waals surface area contributed by atoms with Crippen molar-refractivity contribution >= 4 is 29.1 Å². The zero-order valence-electron chi connectivity index (χ0n) is 14.8. The molecule has 4 rings (SSSR count). The molecule has 4 aromatic rings. The molecule has 0 aliphatic carbocycles. The number of hydrogen-bond acceptors (Lipinski definition) is 2. The number of furan rings is 1. The third-order valence-corrected chi connectivity index (χ3v) is 4.51. The second kappa shape index (κ2) is 6.96. The number of fused-ring (bicyclic) bond motifs is 1. The van der Waals surface area contributed by atoms with Gasteiger partial charge in [-0.05, 0) is 42.3 Å². The maximum absolute atomic E-state index is 11.3. The molecule has 1 N–H and O–H groups in total. The Labute approximate surface area is 157 Å². The lowest BCUT2D eigenvalue weighted by atomic mass is 10.0. The maximum Gasteiger partial charge on any atom is 0.336 e. The molecule has 0 saturated heterocycles. The Morgan fingerprint density at radius 3 is 2.48 bits per heavy atom. The number of aromatic carboxylic acids is 1. The Morgan fingerprint density at radius 1 is 0.926 bits per heavy atom. The van der Waals surface area contributed by atoms with E-state index >= 15 is 0 Å². The highest BCUT2D eigenvalue weighted by molar-refractivity contribution is 5.93. The van der Waals surface area contributed by atoms with Gasteiger partial charge in [-0.1, -0.05) is 66.2 Å².